The Bertz CT molecular complexity index is 569. The monoisotopic (exact) mass is 304 g/mol. The van der Waals surface area contributed by atoms with Gasteiger partial charge in [-0.25, -0.2) is 0 Å². The van der Waals surface area contributed by atoms with E-state index in [-0.39, 0.29) is 37.1 Å². The number of nitrogens with one attached hydrogen (secondary N) is 1. The predicted octanol–water partition coefficient (Wildman–Crippen LogP) is 1.10. The molecule has 0 spiro atoms. The van der Waals surface area contributed by atoms with Crippen molar-refractivity contribution in [2.45, 2.75) is 31.9 Å². The number of benzene rings is 1. The normalized spacial score (nSPS) is 22.0. The van der Waals surface area contributed by atoms with Crippen LogP contribution < -0.4 is 15.0 Å². The highest BCUT2D eigenvalue weighted by atomic mass is 16.5. The van der Waals surface area contributed by atoms with Gasteiger partial charge in [0, 0.05) is 6.61 Å². The van der Waals surface area contributed by atoms with E-state index in [4.69, 9.17) is 9.47 Å². The number of nitrogens with zero attached hydrogens (tertiary/aromatic N) is 1. The van der Waals surface area contributed by atoms with Crippen molar-refractivity contribution >= 4 is 17.5 Å². The molecular weight excluding hydrogens is 284 g/mol. The highest BCUT2D eigenvalue weighted by molar-refractivity contribution is 6.02. The molecule has 3 rings (SSSR count). The van der Waals surface area contributed by atoms with Gasteiger partial charge in [0.25, 0.3) is 5.91 Å². The van der Waals surface area contributed by atoms with E-state index >= 15 is 0 Å². The first-order valence-corrected chi connectivity index (χ1v) is 7.58. The van der Waals surface area contributed by atoms with Crippen LogP contribution in [-0.2, 0) is 14.3 Å². The van der Waals surface area contributed by atoms with Crippen molar-refractivity contribution < 1.29 is 19.1 Å². The number of carbonyl (C=O) groups excluding carboxylic acids is 2. The fourth-order valence-electron chi connectivity index (χ4n) is 2.86. The van der Waals surface area contributed by atoms with Crippen molar-refractivity contribution in [3.05, 3.63) is 24.3 Å². The van der Waals surface area contributed by atoms with Gasteiger partial charge in [0.2, 0.25) is 5.91 Å². The number of rotatable bonds is 4. The third-order valence-corrected chi connectivity index (χ3v) is 4.02. The van der Waals surface area contributed by atoms with Crippen LogP contribution >= 0.6 is 0 Å². The summed E-state index contributed by atoms with van der Waals surface area (Å²) >= 11 is 0. The van der Waals surface area contributed by atoms with Crippen LogP contribution in [0.5, 0.6) is 5.75 Å². The Morgan fingerprint density at radius 2 is 2.27 bits per heavy atom. The topological polar surface area (TPSA) is 67.9 Å². The Kier molecular flexibility index (Phi) is 4.29. The fourth-order valence-corrected chi connectivity index (χ4v) is 2.86. The van der Waals surface area contributed by atoms with Crippen LogP contribution in [0.2, 0.25) is 0 Å². The zero-order valence-corrected chi connectivity index (χ0v) is 12.6. The molecule has 1 aromatic carbocycles. The Balaban J connectivity index is 1.64. The van der Waals surface area contributed by atoms with E-state index in [1.165, 1.54) is 4.90 Å². The van der Waals surface area contributed by atoms with E-state index in [0.717, 1.165) is 19.4 Å². The first kappa shape index (κ1) is 14.8. The smallest absolute Gasteiger partial charge is 0.265 e. The molecule has 0 saturated carbocycles. The first-order chi connectivity index (χ1) is 10.6. The summed E-state index contributed by atoms with van der Waals surface area (Å²) in [5, 5.41) is 2.92. The third kappa shape index (κ3) is 3.06. The van der Waals surface area contributed by atoms with Crippen molar-refractivity contribution in [3.8, 4) is 5.75 Å². The minimum atomic E-state index is -0.210. The Hall–Kier alpha value is -2.08. The Morgan fingerprint density at radius 1 is 1.45 bits per heavy atom. The zero-order valence-electron chi connectivity index (χ0n) is 12.6. The van der Waals surface area contributed by atoms with Gasteiger partial charge in [-0.2, -0.15) is 0 Å². The largest absolute Gasteiger partial charge is 0.482 e. The number of hydrogen-bond acceptors (Lipinski definition) is 4. The highest BCUT2D eigenvalue weighted by Crippen LogP contribution is 2.31. The number of carbonyl (C=O) groups is 2. The molecule has 0 aliphatic carbocycles. The maximum atomic E-state index is 12.2. The number of fused-ring (bicyclic) bond motifs is 1. The number of ether oxygens (including phenoxy) is 2. The maximum Gasteiger partial charge on any atom is 0.265 e. The lowest BCUT2D eigenvalue weighted by Gasteiger charge is -2.29. The third-order valence-electron chi connectivity index (χ3n) is 4.02. The number of hydrogen-bond donors (Lipinski definition) is 1. The molecule has 0 radical (unpaired) electrons. The van der Waals surface area contributed by atoms with E-state index in [2.05, 4.69) is 5.32 Å². The molecule has 2 aliphatic rings. The summed E-state index contributed by atoms with van der Waals surface area (Å²) in [5.41, 5.74) is 0.638. The van der Waals surface area contributed by atoms with Gasteiger partial charge in [0.1, 0.15) is 12.3 Å². The number of amides is 2. The first-order valence-electron chi connectivity index (χ1n) is 7.58. The molecule has 22 heavy (non-hydrogen) atoms. The molecule has 0 unspecified atom stereocenters. The summed E-state index contributed by atoms with van der Waals surface area (Å²) < 4.78 is 10.9. The van der Waals surface area contributed by atoms with Crippen LogP contribution in [-0.4, -0.2) is 43.7 Å². The molecule has 1 saturated heterocycles. The number of para-hydroxylation sites is 2. The SMILES string of the molecule is C[C@H](NC(=O)CN1C(=O)COc2ccccc21)[C@@H]1CCCO1. The second kappa shape index (κ2) is 6.36. The molecule has 6 heteroatoms. The molecule has 2 amide bonds. The van der Waals surface area contributed by atoms with E-state index in [1.807, 2.05) is 19.1 Å². The van der Waals surface area contributed by atoms with Crippen LogP contribution in [0, 0.1) is 0 Å². The van der Waals surface area contributed by atoms with Gasteiger partial charge in [-0.1, -0.05) is 12.1 Å². The Labute approximate surface area is 129 Å². The minimum absolute atomic E-state index is 0.00370. The van der Waals surface area contributed by atoms with E-state index in [1.54, 1.807) is 12.1 Å². The lowest BCUT2D eigenvalue weighted by atomic mass is 10.1. The molecule has 2 heterocycles. The van der Waals surface area contributed by atoms with Gasteiger partial charge in [-0.15, -0.1) is 0 Å². The minimum Gasteiger partial charge on any atom is -0.482 e. The van der Waals surface area contributed by atoms with E-state index in [0.29, 0.717) is 11.4 Å². The van der Waals surface area contributed by atoms with Crippen molar-refractivity contribution in [1.29, 1.82) is 0 Å². The van der Waals surface area contributed by atoms with Gasteiger partial charge in [-0.3, -0.25) is 14.5 Å². The van der Waals surface area contributed by atoms with Gasteiger partial charge >= 0.3 is 0 Å². The summed E-state index contributed by atoms with van der Waals surface area (Å²) in [6.45, 7) is 2.64. The Morgan fingerprint density at radius 3 is 3.05 bits per heavy atom. The van der Waals surface area contributed by atoms with Gasteiger partial charge < -0.3 is 14.8 Å². The summed E-state index contributed by atoms with van der Waals surface area (Å²) in [5.74, 6) is 0.230. The molecule has 1 aromatic rings. The van der Waals surface area contributed by atoms with Crippen LogP contribution in [0.3, 0.4) is 0 Å². The van der Waals surface area contributed by atoms with Gasteiger partial charge in [0.15, 0.2) is 6.61 Å². The average Bonchev–Trinajstić information content (AvgIpc) is 3.04. The van der Waals surface area contributed by atoms with Crippen LogP contribution in [0.4, 0.5) is 5.69 Å². The van der Waals surface area contributed by atoms with Gasteiger partial charge in [-0.05, 0) is 31.9 Å². The summed E-state index contributed by atoms with van der Waals surface area (Å²) in [7, 11) is 0. The van der Waals surface area contributed by atoms with Crippen LogP contribution in [0.1, 0.15) is 19.8 Å². The number of anilines is 1. The van der Waals surface area contributed by atoms with Gasteiger partial charge in [0.05, 0.1) is 17.8 Å². The van der Waals surface area contributed by atoms with Crippen molar-refractivity contribution in [1.82, 2.24) is 5.32 Å². The van der Waals surface area contributed by atoms with Crippen LogP contribution in [0.15, 0.2) is 24.3 Å². The molecule has 2 aliphatic heterocycles. The molecule has 1 N–H and O–H groups in total. The molecule has 2 atom stereocenters. The quantitative estimate of drug-likeness (QED) is 0.904. The second-order valence-corrected chi connectivity index (χ2v) is 5.64. The summed E-state index contributed by atoms with van der Waals surface area (Å²) in [6.07, 6.45) is 2.05. The second-order valence-electron chi connectivity index (χ2n) is 5.64. The van der Waals surface area contributed by atoms with Crippen LogP contribution in [0.25, 0.3) is 0 Å². The predicted molar refractivity (Wildman–Crippen MR) is 80.9 cm³/mol. The summed E-state index contributed by atoms with van der Waals surface area (Å²) in [4.78, 5) is 25.7. The lowest BCUT2D eigenvalue weighted by Crippen LogP contribution is -2.49. The molecule has 0 bridgehead atoms. The zero-order chi connectivity index (χ0) is 15.5. The van der Waals surface area contributed by atoms with Crippen molar-refractivity contribution in [3.63, 3.8) is 0 Å². The van der Waals surface area contributed by atoms with E-state index in [9.17, 15) is 9.59 Å². The highest BCUT2D eigenvalue weighted by Gasteiger charge is 2.29. The molecular formula is C16H20N2O4. The standard InChI is InChI=1S/C16H20N2O4/c1-11(13-7-4-8-21-13)17-15(19)9-18-12-5-2-3-6-14(12)22-10-16(18)20/h2-3,5-6,11,13H,4,7-10H2,1H3,(H,17,19)/t11-,13-/m0/s1. The summed E-state index contributed by atoms with van der Waals surface area (Å²) in [6, 6.07) is 7.18. The fraction of sp³-hybridized carbons (Fsp3) is 0.500. The van der Waals surface area contributed by atoms with E-state index < -0.39 is 0 Å². The van der Waals surface area contributed by atoms with Crippen molar-refractivity contribution in [2.24, 2.45) is 0 Å². The molecule has 6 nitrogen and oxygen atoms in total. The van der Waals surface area contributed by atoms with Crippen molar-refractivity contribution in [2.75, 3.05) is 24.7 Å². The molecule has 118 valence electrons. The molecule has 1 fully saturated rings. The maximum absolute atomic E-state index is 12.2. The lowest BCUT2D eigenvalue weighted by molar-refractivity contribution is -0.126. The average molecular weight is 304 g/mol. The molecule has 0 aromatic heterocycles.